The van der Waals surface area contributed by atoms with Gasteiger partial charge in [-0.25, -0.2) is 0 Å². The standard InChI is InChI=1S/C14H24S2/c1-13-4-11-3-12(5-13)7-14(6-11,8-13)9-16-10-15-2/h11-12H,3-10H2,1-2H3. The zero-order valence-electron chi connectivity index (χ0n) is 10.6. The summed E-state index contributed by atoms with van der Waals surface area (Å²) in [5.41, 5.74) is 1.50. The van der Waals surface area contributed by atoms with Crippen LogP contribution in [0.5, 0.6) is 0 Å². The molecule has 0 aromatic heterocycles. The SMILES string of the molecule is CSCSCC12CC3CC(CC(C)(C3)C1)C2. The van der Waals surface area contributed by atoms with E-state index in [1.807, 2.05) is 11.8 Å². The molecule has 0 saturated heterocycles. The van der Waals surface area contributed by atoms with Crippen LogP contribution in [0.3, 0.4) is 0 Å². The van der Waals surface area contributed by atoms with Crippen molar-refractivity contribution < 1.29 is 0 Å². The molecule has 4 saturated carbocycles. The highest BCUT2D eigenvalue weighted by Crippen LogP contribution is 2.65. The van der Waals surface area contributed by atoms with Crippen LogP contribution in [0.1, 0.15) is 45.4 Å². The molecule has 0 amide bonds. The maximum atomic E-state index is 2.58. The minimum Gasteiger partial charge on any atom is -0.155 e. The molecule has 0 aliphatic heterocycles. The van der Waals surface area contributed by atoms with E-state index >= 15 is 0 Å². The second-order valence-electron chi connectivity index (χ2n) is 7.03. The molecule has 0 heterocycles. The van der Waals surface area contributed by atoms with Crippen molar-refractivity contribution in [3.05, 3.63) is 0 Å². The van der Waals surface area contributed by atoms with Gasteiger partial charge in [-0.05, 0) is 73.2 Å². The Morgan fingerprint density at radius 3 is 2.38 bits per heavy atom. The molecule has 4 bridgehead atoms. The topological polar surface area (TPSA) is 0 Å². The van der Waals surface area contributed by atoms with Gasteiger partial charge in [0.15, 0.2) is 0 Å². The van der Waals surface area contributed by atoms with Crippen LogP contribution >= 0.6 is 23.5 Å². The molecular weight excluding hydrogens is 232 g/mol. The van der Waals surface area contributed by atoms with E-state index in [9.17, 15) is 0 Å². The zero-order chi connectivity index (χ0) is 11.2. The van der Waals surface area contributed by atoms with Crippen molar-refractivity contribution in [2.75, 3.05) is 17.1 Å². The first-order chi connectivity index (χ1) is 7.63. The van der Waals surface area contributed by atoms with E-state index in [-0.39, 0.29) is 0 Å². The molecule has 0 aromatic rings. The van der Waals surface area contributed by atoms with E-state index in [4.69, 9.17) is 0 Å². The van der Waals surface area contributed by atoms with Gasteiger partial charge in [0.25, 0.3) is 0 Å². The molecule has 0 nitrogen and oxygen atoms in total. The fourth-order valence-electron chi connectivity index (χ4n) is 5.44. The molecule has 2 unspecified atom stereocenters. The fraction of sp³-hybridized carbons (Fsp3) is 1.00. The van der Waals surface area contributed by atoms with Gasteiger partial charge in [-0.2, -0.15) is 23.5 Å². The molecule has 16 heavy (non-hydrogen) atoms. The van der Waals surface area contributed by atoms with Gasteiger partial charge < -0.3 is 0 Å². The maximum absolute atomic E-state index is 2.58. The summed E-state index contributed by atoms with van der Waals surface area (Å²) in [6.45, 7) is 2.58. The van der Waals surface area contributed by atoms with Crippen LogP contribution in [0, 0.1) is 22.7 Å². The average Bonchev–Trinajstić information content (AvgIpc) is 2.13. The van der Waals surface area contributed by atoms with Crippen molar-refractivity contribution in [1.82, 2.24) is 0 Å². The highest BCUT2D eigenvalue weighted by molar-refractivity contribution is 8.15. The second kappa shape index (κ2) is 4.12. The Labute approximate surface area is 109 Å². The maximum Gasteiger partial charge on any atom is 0.0389 e. The van der Waals surface area contributed by atoms with Crippen molar-refractivity contribution in [2.24, 2.45) is 22.7 Å². The molecule has 4 aliphatic carbocycles. The molecule has 2 heteroatoms. The van der Waals surface area contributed by atoms with Crippen LogP contribution < -0.4 is 0 Å². The third kappa shape index (κ3) is 2.05. The van der Waals surface area contributed by atoms with E-state index < -0.39 is 0 Å². The quantitative estimate of drug-likeness (QED) is 0.530. The molecule has 4 fully saturated rings. The molecule has 0 spiro atoms. The lowest BCUT2D eigenvalue weighted by Crippen LogP contribution is -2.51. The van der Waals surface area contributed by atoms with Crippen molar-refractivity contribution in [2.45, 2.75) is 45.4 Å². The highest BCUT2D eigenvalue weighted by Gasteiger charge is 2.55. The van der Waals surface area contributed by atoms with Gasteiger partial charge in [0, 0.05) is 5.08 Å². The number of rotatable bonds is 4. The summed E-state index contributed by atoms with van der Waals surface area (Å²) in [6.07, 6.45) is 11.6. The molecule has 2 atom stereocenters. The van der Waals surface area contributed by atoms with Crippen molar-refractivity contribution in [1.29, 1.82) is 0 Å². The lowest BCUT2D eigenvalue weighted by molar-refractivity contribution is -0.0895. The minimum absolute atomic E-state index is 0.740. The Morgan fingerprint density at radius 2 is 1.81 bits per heavy atom. The van der Waals surface area contributed by atoms with Gasteiger partial charge in [-0.1, -0.05) is 6.92 Å². The predicted molar refractivity (Wildman–Crippen MR) is 76.1 cm³/mol. The van der Waals surface area contributed by atoms with Gasteiger partial charge in [-0.15, -0.1) is 0 Å². The van der Waals surface area contributed by atoms with E-state index in [1.54, 1.807) is 38.5 Å². The van der Waals surface area contributed by atoms with Gasteiger partial charge in [0.05, 0.1) is 0 Å². The van der Waals surface area contributed by atoms with E-state index in [1.165, 1.54) is 10.8 Å². The van der Waals surface area contributed by atoms with Gasteiger partial charge >= 0.3 is 0 Å². The van der Waals surface area contributed by atoms with Crippen LogP contribution in [-0.4, -0.2) is 17.1 Å². The summed E-state index contributed by atoms with van der Waals surface area (Å²) in [5.74, 6) is 3.65. The smallest absolute Gasteiger partial charge is 0.0389 e. The van der Waals surface area contributed by atoms with Gasteiger partial charge in [0.1, 0.15) is 0 Å². The largest absolute Gasteiger partial charge is 0.155 e. The Balaban J connectivity index is 1.71. The molecule has 0 aromatic carbocycles. The van der Waals surface area contributed by atoms with Crippen LogP contribution in [0.2, 0.25) is 0 Å². The first-order valence-electron chi connectivity index (χ1n) is 6.70. The van der Waals surface area contributed by atoms with E-state index in [0.717, 1.165) is 22.7 Å². The van der Waals surface area contributed by atoms with Crippen LogP contribution in [0.4, 0.5) is 0 Å². The van der Waals surface area contributed by atoms with Gasteiger partial charge in [-0.3, -0.25) is 0 Å². The lowest BCUT2D eigenvalue weighted by atomic mass is 9.45. The Morgan fingerprint density at radius 1 is 1.12 bits per heavy atom. The van der Waals surface area contributed by atoms with Crippen LogP contribution in [0.25, 0.3) is 0 Å². The Bertz CT molecular complexity index is 260. The van der Waals surface area contributed by atoms with E-state index in [0.29, 0.717) is 0 Å². The first kappa shape index (κ1) is 11.8. The van der Waals surface area contributed by atoms with Crippen LogP contribution in [0.15, 0.2) is 0 Å². The monoisotopic (exact) mass is 256 g/mol. The number of thioether (sulfide) groups is 2. The Hall–Kier alpha value is 0.700. The molecule has 0 radical (unpaired) electrons. The summed E-state index contributed by atoms with van der Waals surface area (Å²) in [4.78, 5) is 0. The minimum atomic E-state index is 0.740. The normalized spacial score (nSPS) is 49.9. The van der Waals surface area contributed by atoms with Crippen molar-refractivity contribution >= 4 is 23.5 Å². The summed E-state index contributed by atoms with van der Waals surface area (Å²) < 4.78 is 0. The summed E-state index contributed by atoms with van der Waals surface area (Å²) in [5, 5.41) is 1.30. The molecular formula is C14H24S2. The molecule has 4 rings (SSSR count). The zero-order valence-corrected chi connectivity index (χ0v) is 12.3. The fourth-order valence-corrected chi connectivity index (χ4v) is 7.21. The highest BCUT2D eigenvalue weighted by atomic mass is 32.2. The van der Waals surface area contributed by atoms with Crippen molar-refractivity contribution in [3.63, 3.8) is 0 Å². The predicted octanol–water partition coefficient (Wildman–Crippen LogP) is 4.65. The third-order valence-electron chi connectivity index (χ3n) is 5.08. The number of hydrogen-bond donors (Lipinski definition) is 0. The summed E-state index contributed by atoms with van der Waals surface area (Å²) in [7, 11) is 0. The van der Waals surface area contributed by atoms with E-state index in [2.05, 4.69) is 24.9 Å². The summed E-state index contributed by atoms with van der Waals surface area (Å²) >= 11 is 4.20. The van der Waals surface area contributed by atoms with Gasteiger partial charge in [0.2, 0.25) is 0 Å². The lowest BCUT2D eigenvalue weighted by Gasteiger charge is -2.61. The van der Waals surface area contributed by atoms with Crippen LogP contribution in [-0.2, 0) is 0 Å². The number of hydrogen-bond acceptors (Lipinski definition) is 2. The summed E-state index contributed by atoms with van der Waals surface area (Å²) in [6, 6.07) is 0. The Kier molecular flexibility index (Phi) is 3.03. The average molecular weight is 256 g/mol. The molecule has 92 valence electrons. The molecule has 0 N–H and O–H groups in total. The first-order valence-corrected chi connectivity index (χ1v) is 9.25. The third-order valence-corrected chi connectivity index (χ3v) is 7.51. The molecule has 4 aliphatic rings. The second-order valence-corrected chi connectivity index (χ2v) is 9.24. The van der Waals surface area contributed by atoms with Crippen molar-refractivity contribution in [3.8, 4) is 0 Å².